The van der Waals surface area contributed by atoms with E-state index in [0.29, 0.717) is 19.3 Å². The lowest BCUT2D eigenvalue weighted by Crippen LogP contribution is -2.30. The van der Waals surface area contributed by atoms with Crippen molar-refractivity contribution in [2.75, 3.05) is 13.2 Å². The summed E-state index contributed by atoms with van der Waals surface area (Å²) in [5.41, 5.74) is 0. The van der Waals surface area contributed by atoms with Crippen molar-refractivity contribution in [1.82, 2.24) is 0 Å². The summed E-state index contributed by atoms with van der Waals surface area (Å²) in [5, 5.41) is 0. The van der Waals surface area contributed by atoms with Gasteiger partial charge in [0.15, 0.2) is 6.10 Å². The normalized spacial score (nSPS) is 12.6. The second-order valence-corrected chi connectivity index (χ2v) is 16.4. The van der Waals surface area contributed by atoms with E-state index in [1.54, 1.807) is 0 Å². The van der Waals surface area contributed by atoms with Gasteiger partial charge in [-0.1, -0.05) is 208 Å². The van der Waals surface area contributed by atoms with Crippen molar-refractivity contribution < 1.29 is 28.6 Å². The van der Waals surface area contributed by atoms with E-state index in [9.17, 15) is 14.4 Å². The van der Waals surface area contributed by atoms with Gasteiger partial charge in [-0.3, -0.25) is 14.4 Å². The molecule has 308 valence electrons. The monoisotopic (exact) mass is 737 g/mol. The average Bonchev–Trinajstić information content (AvgIpc) is 3.12. The molecule has 0 N–H and O–H groups in total. The lowest BCUT2D eigenvalue weighted by molar-refractivity contribution is -0.167. The number of unbranched alkanes of at least 4 members (excludes halogenated alkanes) is 24. The van der Waals surface area contributed by atoms with Crippen LogP contribution in [0.1, 0.15) is 247 Å². The fourth-order valence-corrected chi connectivity index (χ4v) is 6.72. The van der Waals surface area contributed by atoms with Crippen molar-refractivity contribution in [3.63, 3.8) is 0 Å². The predicted octanol–water partition coefficient (Wildman–Crippen LogP) is 14.2. The highest BCUT2D eigenvalue weighted by Crippen LogP contribution is 2.17. The number of carbonyl (C=O) groups excluding carboxylic acids is 3. The van der Waals surface area contributed by atoms with Crippen molar-refractivity contribution in [1.29, 1.82) is 0 Å². The molecule has 0 radical (unpaired) electrons. The van der Waals surface area contributed by atoms with E-state index in [2.05, 4.69) is 34.6 Å². The first-order valence-electron chi connectivity index (χ1n) is 22.8. The summed E-state index contributed by atoms with van der Waals surface area (Å²) >= 11 is 0. The summed E-state index contributed by atoms with van der Waals surface area (Å²) in [6.07, 6.45) is 36.6. The van der Waals surface area contributed by atoms with Crippen molar-refractivity contribution in [3.8, 4) is 0 Å². The molecule has 0 rings (SSSR count). The Bertz CT molecular complexity index is 796. The zero-order valence-corrected chi connectivity index (χ0v) is 35.4. The smallest absolute Gasteiger partial charge is 0.306 e. The van der Waals surface area contributed by atoms with Crippen LogP contribution in [-0.4, -0.2) is 37.2 Å². The summed E-state index contributed by atoms with van der Waals surface area (Å²) in [7, 11) is 0. The zero-order chi connectivity index (χ0) is 38.3. The first kappa shape index (κ1) is 50.4. The van der Waals surface area contributed by atoms with E-state index in [-0.39, 0.29) is 31.1 Å². The largest absolute Gasteiger partial charge is 0.462 e. The minimum atomic E-state index is -0.761. The molecular formula is C46H88O6. The summed E-state index contributed by atoms with van der Waals surface area (Å²) in [6.45, 7) is 11.3. The molecule has 0 fully saturated rings. The zero-order valence-electron chi connectivity index (χ0n) is 35.4. The fraction of sp³-hybridized carbons (Fsp3) is 0.935. The molecule has 1 unspecified atom stereocenters. The molecule has 0 aliphatic rings. The maximum atomic E-state index is 12.7. The Morgan fingerprint density at radius 1 is 0.404 bits per heavy atom. The van der Waals surface area contributed by atoms with E-state index in [0.717, 1.165) is 69.6 Å². The van der Waals surface area contributed by atoms with Gasteiger partial charge in [-0.15, -0.1) is 0 Å². The second kappa shape index (κ2) is 39.1. The Labute approximate surface area is 323 Å². The molecule has 0 saturated carbocycles. The Balaban J connectivity index is 4.34. The van der Waals surface area contributed by atoms with Crippen LogP contribution in [0.3, 0.4) is 0 Å². The van der Waals surface area contributed by atoms with Crippen molar-refractivity contribution in [2.45, 2.75) is 253 Å². The molecule has 0 heterocycles. The number of hydrogen-bond acceptors (Lipinski definition) is 6. The minimum absolute atomic E-state index is 0.0658. The van der Waals surface area contributed by atoms with Gasteiger partial charge in [0.2, 0.25) is 0 Å². The molecule has 0 aromatic heterocycles. The van der Waals surface area contributed by atoms with E-state index in [1.807, 2.05) is 0 Å². The van der Waals surface area contributed by atoms with Crippen LogP contribution in [0.25, 0.3) is 0 Å². The maximum Gasteiger partial charge on any atom is 0.306 e. The SMILES string of the molecule is CCCCCCCCCCCCCCCC(=O)OC[C@@H](COC(=O)CCCCCCCCCCC(C)C)OC(=O)CCCCCCCCC(C)CC. The molecular weight excluding hydrogens is 648 g/mol. The molecule has 0 aromatic carbocycles. The van der Waals surface area contributed by atoms with Crippen LogP contribution in [0.15, 0.2) is 0 Å². The van der Waals surface area contributed by atoms with Crippen LogP contribution >= 0.6 is 0 Å². The van der Waals surface area contributed by atoms with Crippen LogP contribution < -0.4 is 0 Å². The highest BCUT2D eigenvalue weighted by molar-refractivity contribution is 5.71. The number of esters is 3. The molecule has 6 heteroatoms. The molecule has 52 heavy (non-hydrogen) atoms. The number of carbonyl (C=O) groups is 3. The fourth-order valence-electron chi connectivity index (χ4n) is 6.72. The summed E-state index contributed by atoms with van der Waals surface area (Å²) < 4.78 is 16.7. The van der Waals surface area contributed by atoms with Crippen LogP contribution in [0.2, 0.25) is 0 Å². The highest BCUT2D eigenvalue weighted by atomic mass is 16.6. The summed E-state index contributed by atoms with van der Waals surface area (Å²) in [6, 6.07) is 0. The van der Waals surface area contributed by atoms with E-state index in [4.69, 9.17) is 14.2 Å². The quantitative estimate of drug-likeness (QED) is 0.0354. The first-order chi connectivity index (χ1) is 25.3. The van der Waals surface area contributed by atoms with Gasteiger partial charge in [0.05, 0.1) is 0 Å². The second-order valence-electron chi connectivity index (χ2n) is 16.4. The van der Waals surface area contributed by atoms with E-state index in [1.165, 1.54) is 135 Å². The third-order valence-electron chi connectivity index (χ3n) is 10.6. The van der Waals surface area contributed by atoms with Crippen LogP contribution in [-0.2, 0) is 28.6 Å². The lowest BCUT2D eigenvalue weighted by Gasteiger charge is -2.18. The van der Waals surface area contributed by atoms with Gasteiger partial charge < -0.3 is 14.2 Å². The molecule has 2 atom stereocenters. The minimum Gasteiger partial charge on any atom is -0.462 e. The van der Waals surface area contributed by atoms with Gasteiger partial charge in [0.25, 0.3) is 0 Å². The molecule has 0 bridgehead atoms. The van der Waals surface area contributed by atoms with Crippen LogP contribution in [0, 0.1) is 11.8 Å². The Kier molecular flexibility index (Phi) is 37.9. The Morgan fingerprint density at radius 3 is 1.10 bits per heavy atom. The predicted molar refractivity (Wildman–Crippen MR) is 220 cm³/mol. The van der Waals surface area contributed by atoms with Crippen LogP contribution in [0.4, 0.5) is 0 Å². The highest BCUT2D eigenvalue weighted by Gasteiger charge is 2.19. The van der Waals surface area contributed by atoms with Gasteiger partial charge >= 0.3 is 17.9 Å². The first-order valence-corrected chi connectivity index (χ1v) is 22.8. The topological polar surface area (TPSA) is 78.9 Å². The Hall–Kier alpha value is -1.59. The third kappa shape index (κ3) is 38.1. The summed E-state index contributed by atoms with van der Waals surface area (Å²) in [4.78, 5) is 37.7. The molecule has 0 aliphatic carbocycles. The molecule has 0 saturated heterocycles. The lowest BCUT2D eigenvalue weighted by atomic mass is 10.00. The van der Waals surface area contributed by atoms with Gasteiger partial charge in [-0.05, 0) is 31.1 Å². The molecule has 0 amide bonds. The van der Waals surface area contributed by atoms with Crippen molar-refractivity contribution in [2.24, 2.45) is 11.8 Å². The van der Waals surface area contributed by atoms with Gasteiger partial charge in [0.1, 0.15) is 13.2 Å². The molecule has 6 nitrogen and oxygen atoms in total. The van der Waals surface area contributed by atoms with Gasteiger partial charge in [0, 0.05) is 19.3 Å². The molecule has 0 spiro atoms. The van der Waals surface area contributed by atoms with Gasteiger partial charge in [-0.2, -0.15) is 0 Å². The van der Waals surface area contributed by atoms with E-state index < -0.39 is 6.10 Å². The number of ether oxygens (including phenoxy) is 3. The number of hydrogen-bond donors (Lipinski definition) is 0. The molecule has 0 aromatic rings. The van der Waals surface area contributed by atoms with Crippen molar-refractivity contribution in [3.05, 3.63) is 0 Å². The average molecular weight is 737 g/mol. The standard InChI is InChI=1S/C46H88O6/c1-6-8-9-10-11-12-13-14-15-16-20-26-31-36-44(47)50-39-43(52-46(49)38-33-28-23-22-25-30-35-42(5)7-2)40-51-45(48)37-32-27-21-18-17-19-24-29-34-41(3)4/h41-43H,6-40H2,1-5H3/t42?,43-/m0/s1. The maximum absolute atomic E-state index is 12.7. The number of rotatable bonds is 40. The third-order valence-corrected chi connectivity index (χ3v) is 10.6. The van der Waals surface area contributed by atoms with E-state index >= 15 is 0 Å². The van der Waals surface area contributed by atoms with Gasteiger partial charge in [-0.25, -0.2) is 0 Å². The summed E-state index contributed by atoms with van der Waals surface area (Å²) in [5.74, 6) is 0.744. The van der Waals surface area contributed by atoms with Crippen molar-refractivity contribution >= 4 is 17.9 Å². The Morgan fingerprint density at radius 2 is 0.731 bits per heavy atom. The van der Waals surface area contributed by atoms with Crippen LogP contribution in [0.5, 0.6) is 0 Å². The molecule has 0 aliphatic heterocycles.